The van der Waals surface area contributed by atoms with Crippen molar-refractivity contribution in [2.24, 2.45) is 5.73 Å². The second-order valence-corrected chi connectivity index (χ2v) is 7.65. The number of halogens is 1. The van der Waals surface area contributed by atoms with Crippen molar-refractivity contribution in [1.82, 2.24) is 15.3 Å². The van der Waals surface area contributed by atoms with Crippen LogP contribution in [0, 0.1) is 6.92 Å². The molecule has 1 fully saturated rings. The lowest BCUT2D eigenvalue weighted by molar-refractivity contribution is 0.586. The summed E-state index contributed by atoms with van der Waals surface area (Å²) in [7, 11) is 0. The molecule has 0 saturated heterocycles. The summed E-state index contributed by atoms with van der Waals surface area (Å²) in [6.07, 6.45) is 2.40. The van der Waals surface area contributed by atoms with Crippen LogP contribution in [0.1, 0.15) is 41.4 Å². The SMILES string of the molecule is Cc1cc(C(NC2CC2)c2ccc(Cl)cc2)nc(Nc2ccc(CN)cc2)n1. The number of nitrogens with one attached hydrogen (secondary N) is 2. The summed E-state index contributed by atoms with van der Waals surface area (Å²) in [4.78, 5) is 9.37. The Bertz CT molecular complexity index is 936. The van der Waals surface area contributed by atoms with Crippen molar-refractivity contribution in [3.8, 4) is 0 Å². The molecule has 1 aromatic heterocycles. The molecule has 0 amide bonds. The molecular weight excluding hydrogens is 370 g/mol. The minimum absolute atomic E-state index is 0.00614. The average molecular weight is 394 g/mol. The molecule has 1 unspecified atom stereocenters. The van der Waals surface area contributed by atoms with Gasteiger partial charge in [-0.2, -0.15) is 0 Å². The predicted octanol–water partition coefficient (Wildman–Crippen LogP) is 4.48. The Labute approximate surface area is 170 Å². The molecule has 1 aliphatic carbocycles. The number of rotatable bonds is 7. The number of benzene rings is 2. The van der Waals surface area contributed by atoms with Gasteiger partial charge in [-0.1, -0.05) is 35.9 Å². The monoisotopic (exact) mass is 393 g/mol. The highest BCUT2D eigenvalue weighted by atomic mass is 35.5. The maximum Gasteiger partial charge on any atom is 0.227 e. The molecule has 5 nitrogen and oxygen atoms in total. The summed E-state index contributed by atoms with van der Waals surface area (Å²) >= 11 is 6.08. The number of nitrogens with two attached hydrogens (primary N) is 1. The Kier molecular flexibility index (Phi) is 5.57. The van der Waals surface area contributed by atoms with Gasteiger partial charge in [0.2, 0.25) is 5.95 Å². The van der Waals surface area contributed by atoms with Gasteiger partial charge in [0.05, 0.1) is 11.7 Å². The lowest BCUT2D eigenvalue weighted by Crippen LogP contribution is -2.25. The molecule has 28 heavy (non-hydrogen) atoms. The highest BCUT2D eigenvalue weighted by Gasteiger charge is 2.27. The van der Waals surface area contributed by atoms with Crippen molar-refractivity contribution in [1.29, 1.82) is 0 Å². The van der Waals surface area contributed by atoms with Crippen LogP contribution in [0.4, 0.5) is 11.6 Å². The highest BCUT2D eigenvalue weighted by Crippen LogP contribution is 2.29. The topological polar surface area (TPSA) is 75.9 Å². The zero-order valence-corrected chi connectivity index (χ0v) is 16.6. The van der Waals surface area contributed by atoms with Crippen molar-refractivity contribution in [2.45, 2.75) is 38.4 Å². The number of aryl methyl sites for hydroxylation is 1. The van der Waals surface area contributed by atoms with Crippen molar-refractivity contribution in [3.05, 3.63) is 82.1 Å². The molecule has 2 aromatic carbocycles. The first kappa shape index (κ1) is 18.9. The van der Waals surface area contributed by atoms with Gasteiger partial charge in [0.1, 0.15) is 0 Å². The summed E-state index contributed by atoms with van der Waals surface area (Å²) in [5, 5.41) is 7.74. The van der Waals surface area contributed by atoms with Crippen molar-refractivity contribution in [2.75, 3.05) is 5.32 Å². The number of anilines is 2. The van der Waals surface area contributed by atoms with Gasteiger partial charge in [-0.05, 0) is 61.2 Å². The molecule has 1 heterocycles. The third-order valence-corrected chi connectivity index (χ3v) is 5.05. The summed E-state index contributed by atoms with van der Waals surface area (Å²) in [5.74, 6) is 0.590. The summed E-state index contributed by atoms with van der Waals surface area (Å²) in [6, 6.07) is 18.5. The van der Waals surface area contributed by atoms with Crippen LogP contribution in [0.25, 0.3) is 0 Å². The maximum atomic E-state index is 6.08. The van der Waals surface area contributed by atoms with Crippen molar-refractivity contribution in [3.63, 3.8) is 0 Å². The largest absolute Gasteiger partial charge is 0.326 e. The quantitative estimate of drug-likeness (QED) is 0.551. The van der Waals surface area contributed by atoms with Gasteiger partial charge in [-0.25, -0.2) is 9.97 Å². The summed E-state index contributed by atoms with van der Waals surface area (Å²) in [6.45, 7) is 2.52. The fourth-order valence-corrected chi connectivity index (χ4v) is 3.27. The molecule has 1 saturated carbocycles. The zero-order valence-electron chi connectivity index (χ0n) is 15.8. The fourth-order valence-electron chi connectivity index (χ4n) is 3.14. The Hall–Kier alpha value is -2.47. The van der Waals surface area contributed by atoms with Crippen molar-refractivity contribution < 1.29 is 0 Å². The molecule has 4 rings (SSSR count). The number of aromatic nitrogens is 2. The lowest BCUT2D eigenvalue weighted by atomic mass is 10.0. The molecule has 0 aliphatic heterocycles. The first-order valence-corrected chi connectivity index (χ1v) is 9.91. The fraction of sp³-hybridized carbons (Fsp3) is 0.273. The van der Waals surface area contributed by atoms with Crippen LogP contribution >= 0.6 is 11.6 Å². The molecule has 1 atom stereocenters. The van der Waals surface area contributed by atoms with Gasteiger partial charge >= 0.3 is 0 Å². The van der Waals surface area contributed by atoms with E-state index >= 15 is 0 Å². The van der Waals surface area contributed by atoms with E-state index in [2.05, 4.69) is 27.8 Å². The zero-order chi connectivity index (χ0) is 19.5. The number of hydrogen-bond donors (Lipinski definition) is 3. The first-order valence-electron chi connectivity index (χ1n) is 9.54. The van der Waals surface area contributed by atoms with Crippen LogP contribution in [0.15, 0.2) is 54.6 Å². The van der Waals surface area contributed by atoms with Crippen LogP contribution in [0.5, 0.6) is 0 Å². The minimum atomic E-state index is 0.00614. The standard InChI is InChI=1S/C22H24ClN5/c1-14-12-20(21(26-18-10-11-18)16-4-6-17(23)7-5-16)28-22(25-14)27-19-8-2-15(13-24)3-9-19/h2-9,12,18,21,26H,10-11,13,24H2,1H3,(H,25,27,28). The first-order chi connectivity index (χ1) is 13.6. The van der Waals surface area contributed by atoms with E-state index in [4.69, 9.17) is 22.3 Å². The third kappa shape index (κ3) is 4.68. The third-order valence-electron chi connectivity index (χ3n) is 4.80. The van der Waals surface area contributed by atoms with Gasteiger partial charge in [0.15, 0.2) is 0 Å². The second-order valence-electron chi connectivity index (χ2n) is 7.21. The van der Waals surface area contributed by atoms with E-state index < -0.39 is 0 Å². The molecule has 1 aliphatic rings. The Balaban J connectivity index is 1.63. The molecule has 6 heteroatoms. The van der Waals surface area contributed by atoms with Crippen LogP contribution in [0.2, 0.25) is 5.02 Å². The molecule has 4 N–H and O–H groups in total. The van der Waals surface area contributed by atoms with E-state index in [1.165, 1.54) is 12.8 Å². The van der Waals surface area contributed by atoms with Gasteiger partial charge in [0.25, 0.3) is 0 Å². The lowest BCUT2D eigenvalue weighted by Gasteiger charge is -2.20. The van der Waals surface area contributed by atoms with Crippen LogP contribution in [-0.2, 0) is 6.54 Å². The molecule has 0 spiro atoms. The van der Waals surface area contributed by atoms with E-state index in [0.717, 1.165) is 33.2 Å². The molecule has 3 aromatic rings. The average Bonchev–Trinajstić information content (AvgIpc) is 3.51. The van der Waals surface area contributed by atoms with Gasteiger partial charge in [-0.15, -0.1) is 0 Å². The smallest absolute Gasteiger partial charge is 0.227 e. The summed E-state index contributed by atoms with van der Waals surface area (Å²) in [5.41, 5.74) is 10.7. The predicted molar refractivity (Wildman–Crippen MR) is 114 cm³/mol. The van der Waals surface area contributed by atoms with E-state index in [0.29, 0.717) is 18.5 Å². The Morgan fingerprint density at radius 2 is 1.79 bits per heavy atom. The molecule has 144 valence electrons. The molecule has 0 bridgehead atoms. The number of nitrogens with zero attached hydrogens (tertiary/aromatic N) is 2. The van der Waals surface area contributed by atoms with Gasteiger partial charge < -0.3 is 16.4 Å². The normalized spacial score (nSPS) is 14.7. The summed E-state index contributed by atoms with van der Waals surface area (Å²) < 4.78 is 0. The minimum Gasteiger partial charge on any atom is -0.326 e. The van der Waals surface area contributed by atoms with Gasteiger partial charge in [-0.3, -0.25) is 0 Å². The maximum absolute atomic E-state index is 6.08. The second kappa shape index (κ2) is 8.27. The van der Waals surface area contributed by atoms with Crippen LogP contribution in [-0.4, -0.2) is 16.0 Å². The van der Waals surface area contributed by atoms with E-state index in [1.54, 1.807) is 0 Å². The van der Waals surface area contributed by atoms with E-state index in [9.17, 15) is 0 Å². The molecular formula is C22H24ClN5. The highest BCUT2D eigenvalue weighted by molar-refractivity contribution is 6.30. The van der Waals surface area contributed by atoms with Crippen LogP contribution in [0.3, 0.4) is 0 Å². The molecule has 0 radical (unpaired) electrons. The Morgan fingerprint density at radius 3 is 2.43 bits per heavy atom. The van der Waals surface area contributed by atoms with Crippen LogP contribution < -0.4 is 16.4 Å². The Morgan fingerprint density at radius 1 is 1.07 bits per heavy atom. The van der Waals surface area contributed by atoms with E-state index in [-0.39, 0.29) is 6.04 Å². The van der Waals surface area contributed by atoms with E-state index in [1.807, 2.05) is 49.4 Å². The van der Waals surface area contributed by atoms with Gasteiger partial charge in [0, 0.05) is 29.0 Å². The van der Waals surface area contributed by atoms with Crippen molar-refractivity contribution >= 4 is 23.2 Å². The number of hydrogen-bond acceptors (Lipinski definition) is 5.